The molecule has 122 valence electrons. The van der Waals surface area contributed by atoms with Crippen molar-refractivity contribution in [1.82, 2.24) is 24.8 Å². The highest BCUT2D eigenvalue weighted by Crippen LogP contribution is 2.23. The topological polar surface area (TPSA) is 37.2 Å². The van der Waals surface area contributed by atoms with Crippen LogP contribution in [0.5, 0.6) is 0 Å². The number of fused-ring (bicyclic) bond motifs is 1. The Hall–Kier alpha value is -1.72. The third-order valence-corrected chi connectivity index (χ3v) is 5.18. The number of benzene rings is 1. The number of piperazine rings is 1. The van der Waals surface area contributed by atoms with E-state index in [1.165, 1.54) is 51.0 Å². The van der Waals surface area contributed by atoms with Crippen molar-refractivity contribution >= 4 is 0 Å². The van der Waals surface area contributed by atoms with Crippen LogP contribution in [0.2, 0.25) is 0 Å². The first-order chi connectivity index (χ1) is 11.3. The van der Waals surface area contributed by atoms with Gasteiger partial charge >= 0.3 is 0 Å². The molecule has 2 aliphatic heterocycles. The Bertz CT molecular complexity index is 648. The van der Waals surface area contributed by atoms with Crippen LogP contribution in [-0.4, -0.2) is 57.0 Å². The van der Waals surface area contributed by atoms with Crippen LogP contribution in [0.4, 0.5) is 0 Å². The van der Waals surface area contributed by atoms with Crippen molar-refractivity contribution in [3.8, 4) is 11.3 Å². The molecule has 0 spiro atoms. The fourth-order valence-electron chi connectivity index (χ4n) is 3.88. The summed E-state index contributed by atoms with van der Waals surface area (Å²) < 4.78 is 1.74. The fourth-order valence-corrected chi connectivity index (χ4v) is 3.88. The van der Waals surface area contributed by atoms with E-state index in [0.717, 1.165) is 23.8 Å². The van der Waals surface area contributed by atoms with E-state index in [-0.39, 0.29) is 0 Å². The number of nitrogens with zero attached hydrogens (tertiary/aromatic N) is 5. The lowest BCUT2D eigenvalue weighted by Crippen LogP contribution is -2.54. The van der Waals surface area contributed by atoms with Crippen molar-refractivity contribution in [2.75, 3.05) is 26.2 Å². The molecule has 3 heterocycles. The van der Waals surface area contributed by atoms with Crippen LogP contribution < -0.4 is 0 Å². The number of hydrogen-bond donors (Lipinski definition) is 0. The lowest BCUT2D eigenvalue weighted by atomic mass is 9.99. The Labute approximate surface area is 137 Å². The molecule has 5 nitrogen and oxygen atoms in total. The van der Waals surface area contributed by atoms with Gasteiger partial charge in [-0.2, -0.15) is 0 Å². The van der Waals surface area contributed by atoms with Gasteiger partial charge in [-0.05, 0) is 24.9 Å². The summed E-state index contributed by atoms with van der Waals surface area (Å²) in [6.45, 7) is 6.03. The molecule has 1 aromatic carbocycles. The zero-order valence-electron chi connectivity index (χ0n) is 13.9. The van der Waals surface area contributed by atoms with Gasteiger partial charge in [-0.15, -0.1) is 5.10 Å². The van der Waals surface area contributed by atoms with E-state index in [2.05, 4.69) is 44.4 Å². The Morgan fingerprint density at radius 1 is 1.09 bits per heavy atom. The molecular formula is C18H25N5. The number of rotatable bonds is 3. The van der Waals surface area contributed by atoms with Crippen molar-refractivity contribution in [2.45, 2.75) is 31.8 Å². The van der Waals surface area contributed by atoms with Crippen molar-refractivity contribution in [3.05, 3.63) is 36.0 Å². The summed E-state index contributed by atoms with van der Waals surface area (Å²) in [6, 6.07) is 9.58. The average Bonchev–Trinajstić information content (AvgIpc) is 3.02. The predicted molar refractivity (Wildman–Crippen MR) is 90.9 cm³/mol. The zero-order chi connectivity index (χ0) is 15.6. The van der Waals surface area contributed by atoms with Crippen LogP contribution >= 0.6 is 0 Å². The third-order valence-electron chi connectivity index (χ3n) is 5.18. The van der Waals surface area contributed by atoms with E-state index in [9.17, 15) is 0 Å². The summed E-state index contributed by atoms with van der Waals surface area (Å²) in [5.74, 6) is 0. The van der Waals surface area contributed by atoms with Gasteiger partial charge in [0.25, 0.3) is 0 Å². The monoisotopic (exact) mass is 311 g/mol. The van der Waals surface area contributed by atoms with Crippen LogP contribution in [-0.2, 0) is 13.6 Å². The second-order valence-corrected chi connectivity index (χ2v) is 6.90. The molecule has 0 N–H and O–H groups in total. The van der Waals surface area contributed by atoms with Gasteiger partial charge in [0, 0.05) is 44.8 Å². The highest BCUT2D eigenvalue weighted by Gasteiger charge is 2.28. The molecule has 1 aromatic heterocycles. The molecule has 0 saturated carbocycles. The molecule has 0 aliphatic carbocycles. The van der Waals surface area contributed by atoms with Crippen LogP contribution in [0.25, 0.3) is 11.3 Å². The van der Waals surface area contributed by atoms with Gasteiger partial charge in [-0.3, -0.25) is 14.5 Å². The Morgan fingerprint density at radius 3 is 2.74 bits per heavy atom. The molecule has 0 amide bonds. The lowest BCUT2D eigenvalue weighted by Gasteiger charge is -2.44. The van der Waals surface area contributed by atoms with Crippen molar-refractivity contribution < 1.29 is 0 Å². The Morgan fingerprint density at radius 2 is 1.96 bits per heavy atom. The van der Waals surface area contributed by atoms with Gasteiger partial charge in [0.05, 0.1) is 6.20 Å². The van der Waals surface area contributed by atoms with Crippen molar-refractivity contribution in [3.63, 3.8) is 0 Å². The van der Waals surface area contributed by atoms with Crippen molar-refractivity contribution in [1.29, 1.82) is 0 Å². The summed E-state index contributed by atoms with van der Waals surface area (Å²) in [7, 11) is 1.90. The van der Waals surface area contributed by atoms with Crippen LogP contribution in [0, 0.1) is 0 Å². The van der Waals surface area contributed by atoms with E-state index in [1.54, 1.807) is 4.68 Å². The first-order valence-electron chi connectivity index (χ1n) is 8.70. The van der Waals surface area contributed by atoms with Gasteiger partial charge in [0.15, 0.2) is 0 Å². The highest BCUT2D eigenvalue weighted by molar-refractivity contribution is 5.57. The quantitative estimate of drug-likeness (QED) is 0.870. The third kappa shape index (κ3) is 3.31. The minimum atomic E-state index is 0.788. The van der Waals surface area contributed by atoms with E-state index >= 15 is 0 Å². The van der Waals surface area contributed by atoms with E-state index in [4.69, 9.17) is 0 Å². The molecule has 2 fully saturated rings. The molecule has 2 aromatic rings. The highest BCUT2D eigenvalue weighted by atomic mass is 15.4. The summed E-state index contributed by atoms with van der Waals surface area (Å²) >= 11 is 0. The van der Waals surface area contributed by atoms with Gasteiger partial charge in [-0.25, -0.2) is 0 Å². The molecule has 2 aliphatic rings. The number of hydrogen-bond acceptors (Lipinski definition) is 4. The van der Waals surface area contributed by atoms with Gasteiger partial charge in [0.1, 0.15) is 5.69 Å². The lowest BCUT2D eigenvalue weighted by molar-refractivity contribution is 0.0457. The summed E-state index contributed by atoms with van der Waals surface area (Å²) in [5, 5.41) is 8.17. The maximum atomic E-state index is 4.17. The standard InChI is InChI=1S/C18H25N5/c1-21-14-18(19-20-21)16-7-5-15(6-8-16)12-22-10-11-23-9-3-2-4-17(23)13-22/h5-8,14,17H,2-4,9-13H2,1H3. The van der Waals surface area contributed by atoms with E-state index < -0.39 is 0 Å². The smallest absolute Gasteiger partial charge is 0.113 e. The average molecular weight is 311 g/mol. The molecule has 1 atom stereocenters. The van der Waals surface area contributed by atoms with Crippen LogP contribution in [0.1, 0.15) is 24.8 Å². The normalized spacial score (nSPS) is 22.9. The maximum absolute atomic E-state index is 4.17. The molecule has 2 saturated heterocycles. The van der Waals surface area contributed by atoms with E-state index in [1.807, 2.05) is 13.2 Å². The van der Waals surface area contributed by atoms with Gasteiger partial charge in [-0.1, -0.05) is 35.9 Å². The molecule has 4 rings (SSSR count). The second kappa shape index (κ2) is 6.42. The molecule has 0 bridgehead atoms. The van der Waals surface area contributed by atoms with E-state index in [0.29, 0.717) is 0 Å². The fraction of sp³-hybridized carbons (Fsp3) is 0.556. The minimum absolute atomic E-state index is 0.788. The Kier molecular flexibility index (Phi) is 4.14. The first kappa shape index (κ1) is 14.8. The maximum Gasteiger partial charge on any atom is 0.113 e. The van der Waals surface area contributed by atoms with Crippen LogP contribution in [0.3, 0.4) is 0 Å². The summed E-state index contributed by atoms with van der Waals surface area (Å²) in [5.41, 5.74) is 3.47. The molecular weight excluding hydrogens is 286 g/mol. The predicted octanol–water partition coefficient (Wildman–Crippen LogP) is 2.15. The molecule has 5 heteroatoms. The summed E-state index contributed by atoms with van der Waals surface area (Å²) in [6.07, 6.45) is 6.13. The largest absolute Gasteiger partial charge is 0.298 e. The Balaban J connectivity index is 1.39. The SMILES string of the molecule is Cn1cc(-c2ccc(CN3CCN4CCCCC4C3)cc2)nn1. The van der Waals surface area contributed by atoms with Crippen LogP contribution in [0.15, 0.2) is 30.5 Å². The number of aromatic nitrogens is 3. The second-order valence-electron chi connectivity index (χ2n) is 6.90. The zero-order valence-corrected chi connectivity index (χ0v) is 13.9. The molecule has 23 heavy (non-hydrogen) atoms. The number of piperidine rings is 1. The molecule has 0 radical (unpaired) electrons. The summed E-state index contributed by atoms with van der Waals surface area (Å²) in [4.78, 5) is 5.31. The van der Waals surface area contributed by atoms with Crippen molar-refractivity contribution in [2.24, 2.45) is 7.05 Å². The van der Waals surface area contributed by atoms with Gasteiger partial charge in [0.2, 0.25) is 0 Å². The van der Waals surface area contributed by atoms with Gasteiger partial charge < -0.3 is 0 Å². The molecule has 1 unspecified atom stereocenters. The number of aryl methyl sites for hydroxylation is 1. The first-order valence-corrected chi connectivity index (χ1v) is 8.70. The minimum Gasteiger partial charge on any atom is -0.298 e.